The Labute approximate surface area is 99.3 Å². The molecule has 1 heterocycles. The summed E-state index contributed by atoms with van der Waals surface area (Å²) in [5.74, 6) is 0. The SMILES string of the molecule is CCNC(COC(C)C)C1CN(C)CCO1. The first-order chi connectivity index (χ1) is 7.63. The van der Waals surface area contributed by atoms with Gasteiger partial charge in [0.15, 0.2) is 0 Å². The first-order valence-electron chi connectivity index (χ1n) is 6.28. The van der Waals surface area contributed by atoms with Gasteiger partial charge in [0.2, 0.25) is 0 Å². The summed E-state index contributed by atoms with van der Waals surface area (Å²) in [7, 11) is 2.14. The van der Waals surface area contributed by atoms with E-state index in [1.807, 2.05) is 0 Å². The Morgan fingerprint density at radius 3 is 2.81 bits per heavy atom. The van der Waals surface area contributed by atoms with Gasteiger partial charge < -0.3 is 19.7 Å². The summed E-state index contributed by atoms with van der Waals surface area (Å²) >= 11 is 0. The van der Waals surface area contributed by atoms with Crippen LogP contribution in [0.15, 0.2) is 0 Å². The highest BCUT2D eigenvalue weighted by Gasteiger charge is 2.26. The second kappa shape index (κ2) is 7.22. The van der Waals surface area contributed by atoms with Gasteiger partial charge in [0, 0.05) is 13.1 Å². The monoisotopic (exact) mass is 230 g/mol. The second-order valence-corrected chi connectivity index (χ2v) is 4.72. The van der Waals surface area contributed by atoms with Crippen LogP contribution >= 0.6 is 0 Å². The Balaban J connectivity index is 2.40. The van der Waals surface area contributed by atoms with E-state index in [1.54, 1.807) is 0 Å². The molecule has 1 N–H and O–H groups in total. The highest BCUT2D eigenvalue weighted by Crippen LogP contribution is 2.08. The Morgan fingerprint density at radius 2 is 2.25 bits per heavy atom. The lowest BCUT2D eigenvalue weighted by atomic mass is 10.1. The molecule has 0 bridgehead atoms. The Kier molecular flexibility index (Phi) is 6.28. The number of hydrogen-bond donors (Lipinski definition) is 1. The molecular weight excluding hydrogens is 204 g/mol. The van der Waals surface area contributed by atoms with Crippen molar-refractivity contribution in [3.63, 3.8) is 0 Å². The summed E-state index contributed by atoms with van der Waals surface area (Å²) in [6.07, 6.45) is 0.528. The third-order valence-corrected chi connectivity index (χ3v) is 2.82. The van der Waals surface area contributed by atoms with E-state index >= 15 is 0 Å². The van der Waals surface area contributed by atoms with Crippen LogP contribution in [0.1, 0.15) is 20.8 Å². The summed E-state index contributed by atoms with van der Waals surface area (Å²) in [4.78, 5) is 2.31. The van der Waals surface area contributed by atoms with Crippen LogP contribution in [-0.2, 0) is 9.47 Å². The van der Waals surface area contributed by atoms with E-state index in [0.717, 1.165) is 32.8 Å². The Hall–Kier alpha value is -0.160. The van der Waals surface area contributed by atoms with Gasteiger partial charge in [-0.2, -0.15) is 0 Å². The van der Waals surface area contributed by atoms with Crippen LogP contribution in [-0.4, -0.2) is 63.0 Å². The molecular formula is C12H26N2O2. The van der Waals surface area contributed by atoms with Gasteiger partial charge in [-0.25, -0.2) is 0 Å². The molecule has 1 saturated heterocycles. The van der Waals surface area contributed by atoms with Crippen LogP contribution in [0.5, 0.6) is 0 Å². The van der Waals surface area contributed by atoms with Gasteiger partial charge in [-0.1, -0.05) is 6.92 Å². The maximum absolute atomic E-state index is 5.81. The molecule has 0 spiro atoms. The van der Waals surface area contributed by atoms with Crippen LogP contribution in [0, 0.1) is 0 Å². The lowest BCUT2D eigenvalue weighted by Crippen LogP contribution is -2.53. The van der Waals surface area contributed by atoms with E-state index in [0.29, 0.717) is 6.04 Å². The highest BCUT2D eigenvalue weighted by atomic mass is 16.5. The van der Waals surface area contributed by atoms with Crippen molar-refractivity contribution in [2.75, 3.05) is 39.9 Å². The minimum absolute atomic E-state index is 0.248. The summed E-state index contributed by atoms with van der Waals surface area (Å²) < 4.78 is 11.5. The predicted molar refractivity (Wildman–Crippen MR) is 65.8 cm³/mol. The second-order valence-electron chi connectivity index (χ2n) is 4.72. The summed E-state index contributed by atoms with van der Waals surface area (Å²) in [6.45, 7) is 10.8. The van der Waals surface area contributed by atoms with E-state index < -0.39 is 0 Å². The van der Waals surface area contributed by atoms with Crippen LogP contribution in [0.3, 0.4) is 0 Å². The molecule has 2 atom stereocenters. The molecule has 2 unspecified atom stereocenters. The largest absolute Gasteiger partial charge is 0.377 e. The molecule has 0 aromatic carbocycles. The smallest absolute Gasteiger partial charge is 0.0877 e. The van der Waals surface area contributed by atoms with Gasteiger partial charge in [-0.3, -0.25) is 0 Å². The van der Waals surface area contributed by atoms with Crippen LogP contribution < -0.4 is 5.32 Å². The zero-order valence-electron chi connectivity index (χ0n) is 11.0. The molecule has 16 heavy (non-hydrogen) atoms. The van der Waals surface area contributed by atoms with Gasteiger partial charge in [-0.05, 0) is 27.4 Å². The number of ether oxygens (including phenoxy) is 2. The van der Waals surface area contributed by atoms with E-state index in [2.05, 4.69) is 38.0 Å². The standard InChI is InChI=1S/C12H26N2O2/c1-5-13-11(9-16-10(2)3)12-8-14(4)6-7-15-12/h10-13H,5-9H2,1-4H3. The molecule has 0 aromatic rings. The predicted octanol–water partition coefficient (Wildman–Crippen LogP) is 0.720. The maximum atomic E-state index is 5.81. The first kappa shape index (κ1) is 13.9. The number of hydrogen-bond acceptors (Lipinski definition) is 4. The normalized spacial score (nSPS) is 24.9. The van der Waals surface area contributed by atoms with Crippen LogP contribution in [0.25, 0.3) is 0 Å². The van der Waals surface area contributed by atoms with Crippen molar-refractivity contribution in [1.82, 2.24) is 10.2 Å². The number of nitrogens with one attached hydrogen (secondary N) is 1. The van der Waals surface area contributed by atoms with Gasteiger partial charge in [-0.15, -0.1) is 0 Å². The third kappa shape index (κ3) is 4.78. The first-order valence-corrected chi connectivity index (χ1v) is 6.28. The number of nitrogens with zero attached hydrogens (tertiary/aromatic N) is 1. The van der Waals surface area contributed by atoms with Gasteiger partial charge >= 0.3 is 0 Å². The molecule has 1 rings (SSSR count). The van der Waals surface area contributed by atoms with Crippen molar-refractivity contribution >= 4 is 0 Å². The fraction of sp³-hybridized carbons (Fsp3) is 1.00. The average molecular weight is 230 g/mol. The van der Waals surface area contributed by atoms with Crippen molar-refractivity contribution in [1.29, 1.82) is 0 Å². The summed E-state index contributed by atoms with van der Waals surface area (Å²) in [5.41, 5.74) is 0. The molecule has 4 nitrogen and oxygen atoms in total. The number of rotatable bonds is 6. The van der Waals surface area contributed by atoms with Gasteiger partial charge in [0.1, 0.15) is 0 Å². The molecule has 0 radical (unpaired) electrons. The van der Waals surface area contributed by atoms with E-state index in [-0.39, 0.29) is 12.2 Å². The molecule has 1 fully saturated rings. The van der Waals surface area contributed by atoms with Gasteiger partial charge in [0.25, 0.3) is 0 Å². The van der Waals surface area contributed by atoms with E-state index in [4.69, 9.17) is 9.47 Å². The number of morpholine rings is 1. The van der Waals surface area contributed by atoms with Crippen molar-refractivity contribution in [3.05, 3.63) is 0 Å². The van der Waals surface area contributed by atoms with Crippen molar-refractivity contribution in [2.24, 2.45) is 0 Å². The molecule has 0 aromatic heterocycles. The molecule has 1 aliphatic rings. The quantitative estimate of drug-likeness (QED) is 0.729. The molecule has 4 heteroatoms. The Morgan fingerprint density at radius 1 is 1.50 bits per heavy atom. The average Bonchev–Trinajstić information content (AvgIpc) is 2.24. The summed E-state index contributed by atoms with van der Waals surface area (Å²) in [6, 6.07) is 0.301. The molecule has 0 amide bonds. The molecule has 0 saturated carbocycles. The van der Waals surface area contributed by atoms with E-state index in [1.165, 1.54) is 0 Å². The minimum atomic E-state index is 0.248. The lowest BCUT2D eigenvalue weighted by molar-refractivity contribution is -0.0605. The number of likely N-dealkylation sites (N-methyl/N-ethyl adjacent to an activating group) is 2. The highest BCUT2D eigenvalue weighted by molar-refractivity contribution is 4.81. The molecule has 0 aliphatic carbocycles. The van der Waals surface area contributed by atoms with Crippen molar-refractivity contribution in [2.45, 2.75) is 39.0 Å². The van der Waals surface area contributed by atoms with Crippen molar-refractivity contribution in [3.8, 4) is 0 Å². The minimum Gasteiger partial charge on any atom is -0.377 e. The topological polar surface area (TPSA) is 33.7 Å². The Bertz CT molecular complexity index is 188. The third-order valence-electron chi connectivity index (χ3n) is 2.82. The van der Waals surface area contributed by atoms with Crippen LogP contribution in [0.2, 0.25) is 0 Å². The zero-order valence-corrected chi connectivity index (χ0v) is 11.0. The van der Waals surface area contributed by atoms with E-state index in [9.17, 15) is 0 Å². The molecule has 1 aliphatic heterocycles. The fourth-order valence-electron chi connectivity index (χ4n) is 1.91. The summed E-state index contributed by atoms with van der Waals surface area (Å²) in [5, 5.41) is 3.45. The van der Waals surface area contributed by atoms with Gasteiger partial charge in [0.05, 0.1) is 31.5 Å². The van der Waals surface area contributed by atoms with Crippen molar-refractivity contribution < 1.29 is 9.47 Å². The van der Waals surface area contributed by atoms with Crippen LogP contribution in [0.4, 0.5) is 0 Å². The fourth-order valence-corrected chi connectivity index (χ4v) is 1.91. The maximum Gasteiger partial charge on any atom is 0.0877 e. The molecule has 96 valence electrons. The lowest BCUT2D eigenvalue weighted by Gasteiger charge is -2.35. The zero-order chi connectivity index (χ0) is 12.0.